The van der Waals surface area contributed by atoms with Gasteiger partial charge in [0.05, 0.1) is 22.1 Å². The van der Waals surface area contributed by atoms with Gasteiger partial charge in [0, 0.05) is 49.6 Å². The van der Waals surface area contributed by atoms with Gasteiger partial charge in [0.25, 0.3) is 0 Å². The first kappa shape index (κ1) is 46.9. The predicted molar refractivity (Wildman–Crippen MR) is 298 cm³/mol. The van der Waals surface area contributed by atoms with E-state index in [1.807, 2.05) is 0 Å². The smallest absolute Gasteiger partial charge is 0.166 e. The van der Waals surface area contributed by atoms with Gasteiger partial charge in [-0.15, -0.1) is 0 Å². The average Bonchev–Trinajstić information content (AvgIpc) is 3.82. The molecular formula is C65H69N5. The molecule has 0 bridgehead atoms. The third kappa shape index (κ3) is 8.41. The molecule has 10 rings (SSSR count). The van der Waals surface area contributed by atoms with E-state index >= 15 is 0 Å². The van der Waals surface area contributed by atoms with Crippen molar-refractivity contribution in [2.24, 2.45) is 0 Å². The van der Waals surface area contributed by atoms with E-state index < -0.39 is 0 Å². The molecular weight excluding hydrogens is 851 g/mol. The fourth-order valence-corrected chi connectivity index (χ4v) is 9.97. The van der Waals surface area contributed by atoms with E-state index in [2.05, 4.69) is 259 Å². The zero-order valence-electron chi connectivity index (χ0n) is 44.1. The molecule has 0 spiro atoms. The monoisotopic (exact) mass is 920 g/mol. The second kappa shape index (κ2) is 16.4. The zero-order chi connectivity index (χ0) is 49.9. The van der Waals surface area contributed by atoms with Crippen LogP contribution >= 0.6 is 0 Å². The first-order valence-corrected chi connectivity index (χ1v) is 25.1. The molecule has 0 saturated carbocycles. The number of rotatable bonds is 5. The lowest BCUT2D eigenvalue weighted by Crippen LogP contribution is -2.11. The SMILES string of the molecule is CC(C)(C)c1ccc(-c2nc(-c3ccc(C(C)(C)C)cc3)nc(-c3cc(-n4c5ccc(C(C)(C)C)cc5c5cc(C(C)(C)C)ccc54)cc4c5cc(C(C)(C)C)ccc5n(-c5ccccc5)c34)n2)cc1. The van der Waals surface area contributed by atoms with Gasteiger partial charge in [0.2, 0.25) is 0 Å². The van der Waals surface area contributed by atoms with Gasteiger partial charge in [-0.05, 0) is 116 Å². The number of benzene rings is 7. The van der Waals surface area contributed by atoms with Gasteiger partial charge in [-0.3, -0.25) is 0 Å². The van der Waals surface area contributed by atoms with Crippen molar-refractivity contribution in [2.45, 2.75) is 131 Å². The zero-order valence-corrected chi connectivity index (χ0v) is 44.1. The summed E-state index contributed by atoms with van der Waals surface area (Å²) >= 11 is 0. The van der Waals surface area contributed by atoms with Crippen LogP contribution < -0.4 is 0 Å². The highest BCUT2D eigenvalue weighted by Crippen LogP contribution is 2.44. The maximum Gasteiger partial charge on any atom is 0.166 e. The maximum absolute atomic E-state index is 5.54. The normalized spacial score (nSPS) is 13.1. The van der Waals surface area contributed by atoms with E-state index in [0.29, 0.717) is 17.5 Å². The highest BCUT2D eigenvalue weighted by Gasteiger charge is 2.27. The summed E-state index contributed by atoms with van der Waals surface area (Å²) in [6.07, 6.45) is 0. The van der Waals surface area contributed by atoms with Crippen molar-refractivity contribution in [3.63, 3.8) is 0 Å². The lowest BCUT2D eigenvalue weighted by Gasteiger charge is -2.20. The van der Waals surface area contributed by atoms with Gasteiger partial charge < -0.3 is 9.13 Å². The van der Waals surface area contributed by atoms with E-state index in [1.165, 1.54) is 44.0 Å². The van der Waals surface area contributed by atoms with Crippen LogP contribution in [0.25, 0.3) is 89.2 Å². The summed E-state index contributed by atoms with van der Waals surface area (Å²) in [5.41, 5.74) is 15.8. The quantitative estimate of drug-likeness (QED) is 0.173. The summed E-state index contributed by atoms with van der Waals surface area (Å²) in [6.45, 7) is 34.2. The number of nitrogens with zero attached hydrogens (tertiary/aromatic N) is 5. The Hall–Kier alpha value is -6.85. The van der Waals surface area contributed by atoms with Crippen LogP contribution in [0.2, 0.25) is 0 Å². The van der Waals surface area contributed by atoms with Crippen LogP contribution in [0.5, 0.6) is 0 Å². The minimum atomic E-state index is -0.0682. The Kier molecular flexibility index (Phi) is 11.0. The fourth-order valence-electron chi connectivity index (χ4n) is 9.97. The molecule has 3 heterocycles. The van der Waals surface area contributed by atoms with Crippen molar-refractivity contribution in [3.8, 4) is 45.5 Å². The lowest BCUT2D eigenvalue weighted by atomic mass is 9.85. The van der Waals surface area contributed by atoms with E-state index in [1.54, 1.807) is 0 Å². The predicted octanol–water partition coefficient (Wildman–Crippen LogP) is 17.6. The summed E-state index contributed by atoms with van der Waals surface area (Å²) in [4.78, 5) is 16.4. The summed E-state index contributed by atoms with van der Waals surface area (Å²) < 4.78 is 4.90. The van der Waals surface area contributed by atoms with Crippen molar-refractivity contribution in [1.82, 2.24) is 24.1 Å². The van der Waals surface area contributed by atoms with E-state index in [9.17, 15) is 0 Å². The first-order valence-electron chi connectivity index (χ1n) is 25.1. The van der Waals surface area contributed by atoms with Gasteiger partial charge in [-0.1, -0.05) is 189 Å². The van der Waals surface area contributed by atoms with Gasteiger partial charge in [0.15, 0.2) is 17.5 Å². The van der Waals surface area contributed by atoms with Crippen molar-refractivity contribution in [2.75, 3.05) is 0 Å². The van der Waals surface area contributed by atoms with E-state index in [0.717, 1.165) is 55.5 Å². The minimum Gasteiger partial charge on any atom is -0.309 e. The Bertz CT molecular complexity index is 3480. The van der Waals surface area contributed by atoms with Crippen molar-refractivity contribution in [1.29, 1.82) is 0 Å². The fraction of sp³-hybridized carbons (Fsp3) is 0.308. The van der Waals surface area contributed by atoms with Gasteiger partial charge in [0.1, 0.15) is 0 Å². The highest BCUT2D eigenvalue weighted by molar-refractivity contribution is 6.16. The molecule has 0 N–H and O–H groups in total. The van der Waals surface area contributed by atoms with Gasteiger partial charge in [-0.2, -0.15) is 0 Å². The second-order valence-electron chi connectivity index (χ2n) is 24.8. The molecule has 7 aromatic carbocycles. The Morgan fingerprint density at radius 2 is 0.657 bits per heavy atom. The molecule has 0 aliphatic rings. The Balaban J connectivity index is 1.36. The van der Waals surface area contributed by atoms with Crippen molar-refractivity contribution in [3.05, 3.63) is 173 Å². The minimum absolute atomic E-state index is 0.00192. The molecule has 354 valence electrons. The maximum atomic E-state index is 5.54. The highest BCUT2D eigenvalue weighted by atomic mass is 15.1. The number of fused-ring (bicyclic) bond motifs is 6. The van der Waals surface area contributed by atoms with E-state index in [-0.39, 0.29) is 27.1 Å². The van der Waals surface area contributed by atoms with Crippen molar-refractivity contribution >= 4 is 43.6 Å². The van der Waals surface area contributed by atoms with Crippen LogP contribution in [0.15, 0.2) is 146 Å². The van der Waals surface area contributed by atoms with Crippen LogP contribution in [0.3, 0.4) is 0 Å². The third-order valence-electron chi connectivity index (χ3n) is 14.4. The number of para-hydroxylation sites is 1. The summed E-state index contributed by atoms with van der Waals surface area (Å²) in [5, 5.41) is 4.82. The number of hydrogen-bond acceptors (Lipinski definition) is 3. The topological polar surface area (TPSA) is 48.5 Å². The molecule has 0 saturated heterocycles. The molecule has 0 atom stereocenters. The molecule has 70 heavy (non-hydrogen) atoms. The molecule has 5 nitrogen and oxygen atoms in total. The molecule has 0 unspecified atom stereocenters. The van der Waals surface area contributed by atoms with Crippen LogP contribution in [0, 0.1) is 0 Å². The number of hydrogen-bond donors (Lipinski definition) is 0. The summed E-state index contributed by atoms with van der Waals surface area (Å²) in [7, 11) is 0. The lowest BCUT2D eigenvalue weighted by molar-refractivity contribution is 0.590. The van der Waals surface area contributed by atoms with Crippen LogP contribution in [0.1, 0.15) is 132 Å². The largest absolute Gasteiger partial charge is 0.309 e. The van der Waals surface area contributed by atoms with Gasteiger partial charge >= 0.3 is 0 Å². The first-order chi connectivity index (χ1) is 32.8. The van der Waals surface area contributed by atoms with Crippen LogP contribution in [-0.2, 0) is 27.1 Å². The van der Waals surface area contributed by atoms with Crippen molar-refractivity contribution < 1.29 is 0 Å². The standard InChI is InChI=1S/C65H69N5/c1-61(2,3)42-25-21-40(22-26-42)58-66-59(41-23-27-43(28-24-41)62(4,5)6)68-60(67-58)53-39-48(38-52-51-37-46(65(13,14)15)31-34-56(51)70(57(52)53)47-19-17-16-18-20-47)69-54-32-29-44(63(7,8)9)35-49(54)50-36-45(64(10,11)12)30-33-55(50)69/h16-39H,1-15H3. The Labute approximate surface area is 415 Å². The molecule has 0 fully saturated rings. The molecule has 10 aromatic rings. The average molecular weight is 920 g/mol. The van der Waals surface area contributed by atoms with Crippen LogP contribution in [-0.4, -0.2) is 24.1 Å². The third-order valence-corrected chi connectivity index (χ3v) is 14.4. The molecule has 0 amide bonds. The molecule has 0 aliphatic carbocycles. The Morgan fingerprint density at radius 1 is 0.300 bits per heavy atom. The molecule has 0 radical (unpaired) electrons. The van der Waals surface area contributed by atoms with E-state index in [4.69, 9.17) is 15.0 Å². The molecule has 5 heteroatoms. The van der Waals surface area contributed by atoms with Gasteiger partial charge in [-0.25, -0.2) is 15.0 Å². The molecule has 3 aromatic heterocycles. The summed E-state index contributed by atoms with van der Waals surface area (Å²) in [6, 6.07) is 54.3. The van der Waals surface area contributed by atoms with Crippen LogP contribution in [0.4, 0.5) is 0 Å². The Morgan fingerprint density at radius 3 is 1.06 bits per heavy atom. The summed E-state index contributed by atoms with van der Waals surface area (Å²) in [5.74, 6) is 1.89. The number of aromatic nitrogens is 5. The molecule has 0 aliphatic heterocycles. The second-order valence-corrected chi connectivity index (χ2v) is 24.8.